The minimum absolute atomic E-state index is 0.0553. The van der Waals surface area contributed by atoms with Crippen molar-refractivity contribution in [3.05, 3.63) is 35.7 Å². The van der Waals surface area contributed by atoms with Gasteiger partial charge >= 0.3 is 0 Å². The molecule has 3 nitrogen and oxygen atoms in total. The van der Waals surface area contributed by atoms with E-state index < -0.39 is 5.41 Å². The lowest BCUT2D eigenvalue weighted by Gasteiger charge is -2.37. The number of carbonyl (C=O) groups excluding carboxylic acids is 1. The minimum Gasteiger partial charge on any atom is -0.302 e. The van der Waals surface area contributed by atoms with Crippen LogP contribution in [-0.2, 0) is 15.6 Å². The summed E-state index contributed by atoms with van der Waals surface area (Å²) in [4.78, 5) is 21.7. The van der Waals surface area contributed by atoms with Crippen LogP contribution in [0.4, 0.5) is 0 Å². The van der Waals surface area contributed by atoms with Gasteiger partial charge in [-0.25, -0.2) is 9.97 Å². The zero-order valence-corrected chi connectivity index (χ0v) is 12.1. The third kappa shape index (κ3) is 1.00. The highest BCUT2D eigenvalue weighted by atomic mass is 16.1. The summed E-state index contributed by atoms with van der Waals surface area (Å²) in [6.07, 6.45) is 3.03. The standard InChI is InChI=1S/C17H18N2O/c1-15(2)16(3)8-9-17(15,10-20)14-13(16)18-11-6-4-5-7-12(11)19-14/h4-7,10H,8-9H2,1-3H3/t16-,17-/m0/s1. The second kappa shape index (κ2) is 3.27. The Morgan fingerprint density at radius 3 is 2.20 bits per heavy atom. The van der Waals surface area contributed by atoms with Crippen molar-refractivity contribution >= 4 is 17.3 Å². The van der Waals surface area contributed by atoms with Crippen LogP contribution in [0.2, 0.25) is 0 Å². The van der Waals surface area contributed by atoms with E-state index in [9.17, 15) is 4.79 Å². The Bertz CT molecular complexity index is 752. The van der Waals surface area contributed by atoms with Gasteiger partial charge in [0.1, 0.15) is 6.29 Å². The van der Waals surface area contributed by atoms with Gasteiger partial charge < -0.3 is 4.79 Å². The smallest absolute Gasteiger partial charge is 0.132 e. The van der Waals surface area contributed by atoms with Crippen LogP contribution in [0, 0.1) is 5.41 Å². The number of carbonyl (C=O) groups is 1. The molecule has 1 fully saturated rings. The van der Waals surface area contributed by atoms with Gasteiger partial charge in [-0.05, 0) is 30.4 Å². The normalized spacial score (nSPS) is 33.4. The lowest BCUT2D eigenvalue weighted by Crippen LogP contribution is -2.41. The summed E-state index contributed by atoms with van der Waals surface area (Å²) in [5.41, 5.74) is 3.14. The van der Waals surface area contributed by atoms with Gasteiger partial charge in [0, 0.05) is 5.41 Å². The molecule has 2 aliphatic rings. The van der Waals surface area contributed by atoms with E-state index in [-0.39, 0.29) is 10.8 Å². The fourth-order valence-corrected chi connectivity index (χ4v) is 4.35. The molecule has 0 radical (unpaired) electrons. The molecule has 1 heterocycles. The van der Waals surface area contributed by atoms with Gasteiger partial charge in [0.05, 0.1) is 27.8 Å². The zero-order valence-electron chi connectivity index (χ0n) is 12.1. The molecule has 20 heavy (non-hydrogen) atoms. The topological polar surface area (TPSA) is 42.9 Å². The van der Waals surface area contributed by atoms with Crippen molar-refractivity contribution < 1.29 is 4.79 Å². The van der Waals surface area contributed by atoms with Crippen molar-refractivity contribution in [2.24, 2.45) is 5.41 Å². The van der Waals surface area contributed by atoms with Crippen LogP contribution < -0.4 is 0 Å². The van der Waals surface area contributed by atoms with Gasteiger partial charge in [-0.2, -0.15) is 0 Å². The summed E-state index contributed by atoms with van der Waals surface area (Å²) in [5, 5.41) is 0. The molecule has 0 N–H and O–H groups in total. The molecular formula is C17H18N2O. The minimum atomic E-state index is -0.464. The van der Waals surface area contributed by atoms with Crippen LogP contribution in [0.25, 0.3) is 11.0 Å². The first-order valence-electron chi connectivity index (χ1n) is 7.20. The number of benzene rings is 1. The Hall–Kier alpha value is -1.77. The van der Waals surface area contributed by atoms with Crippen molar-refractivity contribution in [2.45, 2.75) is 44.4 Å². The van der Waals surface area contributed by atoms with Gasteiger partial charge in [0.2, 0.25) is 0 Å². The maximum absolute atomic E-state index is 12.0. The molecule has 3 heteroatoms. The number of fused-ring (bicyclic) bond motifs is 6. The number of aromatic nitrogens is 2. The van der Waals surface area contributed by atoms with Crippen molar-refractivity contribution in [2.75, 3.05) is 0 Å². The monoisotopic (exact) mass is 266 g/mol. The second-order valence-corrected chi connectivity index (χ2v) is 6.96. The highest BCUT2D eigenvalue weighted by Crippen LogP contribution is 2.69. The first-order valence-corrected chi connectivity index (χ1v) is 7.20. The average Bonchev–Trinajstić information content (AvgIpc) is 2.74. The Balaban J connectivity index is 2.15. The predicted octanol–water partition coefficient (Wildman–Crippen LogP) is 3.16. The zero-order chi connectivity index (χ0) is 14.2. The highest BCUT2D eigenvalue weighted by molar-refractivity contribution is 5.80. The number of rotatable bonds is 1. The largest absolute Gasteiger partial charge is 0.302 e. The summed E-state index contributed by atoms with van der Waals surface area (Å²) in [7, 11) is 0. The quantitative estimate of drug-likeness (QED) is 0.745. The molecule has 0 saturated heterocycles. The third-order valence-electron chi connectivity index (χ3n) is 6.23. The van der Waals surface area contributed by atoms with E-state index in [4.69, 9.17) is 9.97 Å². The molecule has 2 bridgehead atoms. The number of aldehydes is 1. The lowest BCUT2D eigenvalue weighted by molar-refractivity contribution is -0.115. The molecule has 0 aliphatic heterocycles. The first kappa shape index (κ1) is 12.0. The average molecular weight is 266 g/mol. The summed E-state index contributed by atoms with van der Waals surface area (Å²) >= 11 is 0. The van der Waals surface area contributed by atoms with Gasteiger partial charge in [-0.3, -0.25) is 0 Å². The van der Waals surface area contributed by atoms with Gasteiger partial charge in [-0.15, -0.1) is 0 Å². The molecule has 0 unspecified atom stereocenters. The van der Waals surface area contributed by atoms with E-state index in [0.29, 0.717) is 0 Å². The Morgan fingerprint density at radius 1 is 1.00 bits per heavy atom. The molecule has 4 rings (SSSR count). The van der Waals surface area contributed by atoms with Crippen LogP contribution in [0.15, 0.2) is 24.3 Å². The Labute approximate surface area is 118 Å². The molecule has 1 aromatic heterocycles. The fraction of sp³-hybridized carbons (Fsp3) is 0.471. The van der Waals surface area contributed by atoms with Gasteiger partial charge in [0.15, 0.2) is 0 Å². The Morgan fingerprint density at radius 2 is 1.60 bits per heavy atom. The number of hydrogen-bond acceptors (Lipinski definition) is 3. The van der Waals surface area contributed by atoms with Crippen LogP contribution in [0.1, 0.15) is 45.0 Å². The van der Waals surface area contributed by atoms with Crippen molar-refractivity contribution in [1.29, 1.82) is 0 Å². The fourth-order valence-electron chi connectivity index (χ4n) is 4.35. The molecule has 102 valence electrons. The van der Waals surface area contributed by atoms with E-state index in [1.54, 1.807) is 0 Å². The van der Waals surface area contributed by atoms with Gasteiger partial charge in [-0.1, -0.05) is 32.9 Å². The number of hydrogen-bond donors (Lipinski definition) is 0. The van der Waals surface area contributed by atoms with E-state index in [2.05, 4.69) is 20.8 Å². The maximum atomic E-state index is 12.0. The molecule has 1 saturated carbocycles. The van der Waals surface area contributed by atoms with Crippen LogP contribution in [0.3, 0.4) is 0 Å². The summed E-state index contributed by atoms with van der Waals surface area (Å²) in [6, 6.07) is 7.93. The van der Waals surface area contributed by atoms with E-state index in [0.717, 1.165) is 41.5 Å². The maximum Gasteiger partial charge on any atom is 0.132 e. The third-order valence-corrected chi connectivity index (χ3v) is 6.23. The molecule has 0 spiro atoms. The number of nitrogens with zero attached hydrogens (tertiary/aromatic N) is 2. The predicted molar refractivity (Wildman–Crippen MR) is 77.6 cm³/mol. The Kier molecular flexibility index (Phi) is 1.97. The summed E-state index contributed by atoms with van der Waals surface area (Å²) < 4.78 is 0. The van der Waals surface area contributed by atoms with Crippen molar-refractivity contribution in [1.82, 2.24) is 9.97 Å². The lowest BCUT2D eigenvalue weighted by atomic mass is 9.64. The summed E-state index contributed by atoms with van der Waals surface area (Å²) in [6.45, 7) is 6.64. The van der Waals surface area contributed by atoms with Gasteiger partial charge in [0.25, 0.3) is 0 Å². The molecule has 2 aliphatic carbocycles. The van der Waals surface area contributed by atoms with E-state index in [1.807, 2.05) is 24.3 Å². The van der Waals surface area contributed by atoms with Crippen molar-refractivity contribution in [3.63, 3.8) is 0 Å². The highest BCUT2D eigenvalue weighted by Gasteiger charge is 2.70. The van der Waals surface area contributed by atoms with E-state index in [1.165, 1.54) is 0 Å². The van der Waals surface area contributed by atoms with Crippen molar-refractivity contribution in [3.8, 4) is 0 Å². The molecule has 2 aromatic rings. The van der Waals surface area contributed by atoms with Crippen LogP contribution in [0.5, 0.6) is 0 Å². The molecule has 1 aromatic carbocycles. The second-order valence-electron chi connectivity index (χ2n) is 6.96. The molecule has 2 atom stereocenters. The molecule has 0 amide bonds. The molecular weight excluding hydrogens is 248 g/mol. The van der Waals surface area contributed by atoms with Crippen LogP contribution in [-0.4, -0.2) is 16.3 Å². The first-order chi connectivity index (χ1) is 9.46. The van der Waals surface area contributed by atoms with Crippen LogP contribution >= 0.6 is 0 Å². The summed E-state index contributed by atoms with van der Waals surface area (Å²) in [5.74, 6) is 0. The number of para-hydroxylation sites is 2. The SMILES string of the molecule is CC1(C)[C@@]2(C)CC[C@]1(C=O)c1nc3ccccc3nc12. The van der Waals surface area contributed by atoms with E-state index >= 15 is 0 Å².